The predicted molar refractivity (Wildman–Crippen MR) is 118 cm³/mol. The third kappa shape index (κ3) is 5.07. The van der Waals surface area contributed by atoms with Crippen LogP contribution < -0.4 is 9.64 Å². The van der Waals surface area contributed by atoms with Crippen molar-refractivity contribution in [3.63, 3.8) is 0 Å². The van der Waals surface area contributed by atoms with Gasteiger partial charge in [-0.25, -0.2) is 13.8 Å². The predicted octanol–water partition coefficient (Wildman–Crippen LogP) is 2.16. The van der Waals surface area contributed by atoms with Gasteiger partial charge < -0.3 is 19.5 Å². The Morgan fingerprint density at radius 1 is 1.24 bits per heavy atom. The van der Waals surface area contributed by atoms with Crippen molar-refractivity contribution in [2.45, 2.75) is 31.6 Å². The zero-order valence-electron chi connectivity index (χ0n) is 18.8. The largest absolute Gasteiger partial charge is 0.483 e. The van der Waals surface area contributed by atoms with Gasteiger partial charge in [0.25, 0.3) is 11.8 Å². The highest BCUT2D eigenvalue weighted by atomic mass is 19.3. The Hall–Kier alpha value is -3.24. The summed E-state index contributed by atoms with van der Waals surface area (Å²) in [5.74, 6) is -2.60. The second-order valence-electron chi connectivity index (χ2n) is 8.62. The highest BCUT2D eigenvalue weighted by molar-refractivity contribution is 6.00. The molecule has 2 amide bonds. The molecule has 11 heteroatoms. The molecule has 33 heavy (non-hydrogen) atoms. The van der Waals surface area contributed by atoms with Gasteiger partial charge in [-0.05, 0) is 25.3 Å². The Morgan fingerprint density at radius 3 is 2.70 bits per heavy atom. The van der Waals surface area contributed by atoms with Crippen molar-refractivity contribution in [3.05, 3.63) is 29.6 Å². The van der Waals surface area contributed by atoms with Gasteiger partial charge in [-0.3, -0.25) is 14.5 Å². The fourth-order valence-corrected chi connectivity index (χ4v) is 4.18. The fourth-order valence-electron chi connectivity index (χ4n) is 4.18. The molecular formula is C22H28F2N6O3. The number of carbonyl (C=O) groups excluding carboxylic acids is 2. The third-order valence-electron chi connectivity index (χ3n) is 5.78. The van der Waals surface area contributed by atoms with Gasteiger partial charge in [-0.2, -0.15) is 5.10 Å². The molecule has 0 spiro atoms. The number of anilines is 1. The summed E-state index contributed by atoms with van der Waals surface area (Å²) >= 11 is 0. The van der Waals surface area contributed by atoms with E-state index in [0.29, 0.717) is 49.6 Å². The number of ether oxygens (including phenoxy) is 1. The van der Waals surface area contributed by atoms with E-state index in [1.54, 1.807) is 25.1 Å². The topological polar surface area (TPSA) is 81.6 Å². The highest BCUT2D eigenvalue weighted by Crippen LogP contribution is 2.37. The minimum absolute atomic E-state index is 0.139. The zero-order chi connectivity index (χ0) is 23.6. The van der Waals surface area contributed by atoms with E-state index in [4.69, 9.17) is 4.74 Å². The van der Waals surface area contributed by atoms with E-state index in [-0.39, 0.29) is 17.5 Å². The van der Waals surface area contributed by atoms with Crippen LogP contribution in [0.4, 0.5) is 14.6 Å². The van der Waals surface area contributed by atoms with Gasteiger partial charge in [0.15, 0.2) is 24.0 Å². The van der Waals surface area contributed by atoms with Crippen LogP contribution in [0.2, 0.25) is 0 Å². The molecule has 0 saturated carbocycles. The van der Waals surface area contributed by atoms with E-state index < -0.39 is 19.1 Å². The number of hydrogen-bond donors (Lipinski definition) is 0. The molecule has 3 aliphatic rings. The van der Waals surface area contributed by atoms with Crippen molar-refractivity contribution in [2.75, 3.05) is 51.8 Å². The van der Waals surface area contributed by atoms with Crippen LogP contribution in [0, 0.1) is 0 Å². The Labute approximate surface area is 191 Å². The van der Waals surface area contributed by atoms with E-state index >= 15 is 0 Å². The lowest BCUT2D eigenvalue weighted by Crippen LogP contribution is -2.42. The lowest BCUT2D eigenvalue weighted by molar-refractivity contribution is -0.114. The van der Waals surface area contributed by atoms with Crippen molar-refractivity contribution >= 4 is 24.0 Å². The Morgan fingerprint density at radius 2 is 2.00 bits per heavy atom. The standard InChI is InChI=1S/C22H28F2N6O3/c1-27(2)26-19-11-17(6-9-29(19)15-31)30-13-22(23,24)14-33-18-10-16(12-25-20(18)30)21(32)28-7-4-3-5-8-28/h10-12,15H,3-9,13-14H2,1-2H3/b26-19-. The first kappa shape index (κ1) is 22.9. The molecule has 0 unspecified atom stereocenters. The van der Waals surface area contributed by atoms with Gasteiger partial charge in [0.2, 0.25) is 6.41 Å². The number of hydrogen-bond acceptors (Lipinski definition) is 7. The molecule has 0 bridgehead atoms. The summed E-state index contributed by atoms with van der Waals surface area (Å²) < 4.78 is 34.7. The van der Waals surface area contributed by atoms with E-state index in [2.05, 4.69) is 10.1 Å². The maximum Gasteiger partial charge on any atom is 0.298 e. The summed E-state index contributed by atoms with van der Waals surface area (Å²) in [5, 5.41) is 5.83. The molecule has 0 aromatic carbocycles. The van der Waals surface area contributed by atoms with E-state index in [9.17, 15) is 18.4 Å². The Balaban J connectivity index is 1.70. The first-order chi connectivity index (χ1) is 15.8. The van der Waals surface area contributed by atoms with Crippen LogP contribution in [0.5, 0.6) is 5.75 Å². The summed E-state index contributed by atoms with van der Waals surface area (Å²) in [5.41, 5.74) is 0.864. The molecule has 4 rings (SSSR count). The monoisotopic (exact) mass is 462 g/mol. The number of piperidine rings is 1. The molecule has 1 fully saturated rings. The minimum atomic E-state index is -3.14. The number of amides is 2. The molecule has 0 aliphatic carbocycles. The lowest BCUT2D eigenvalue weighted by atomic mass is 10.1. The van der Waals surface area contributed by atoms with Crippen LogP contribution in [0.1, 0.15) is 36.0 Å². The minimum Gasteiger partial charge on any atom is -0.483 e. The average molecular weight is 463 g/mol. The van der Waals surface area contributed by atoms with Crippen LogP contribution in [0.15, 0.2) is 29.1 Å². The smallest absolute Gasteiger partial charge is 0.298 e. The normalized spacial score (nSPS) is 21.6. The molecule has 4 heterocycles. The van der Waals surface area contributed by atoms with Crippen molar-refractivity contribution in [2.24, 2.45) is 5.10 Å². The molecule has 1 aromatic rings. The van der Waals surface area contributed by atoms with Gasteiger partial charge >= 0.3 is 0 Å². The SMILES string of the molecule is CN(C)/N=C1/C=C(N2CC(F)(F)COc3cc(C(=O)N4CCCCC4)cnc32)CCN1C=O. The quantitative estimate of drug-likeness (QED) is 0.504. The molecule has 3 aliphatic heterocycles. The molecule has 1 saturated heterocycles. The number of likely N-dealkylation sites (tertiary alicyclic amines) is 1. The second-order valence-corrected chi connectivity index (χ2v) is 8.62. The van der Waals surface area contributed by atoms with Crippen LogP contribution in [0.3, 0.4) is 0 Å². The van der Waals surface area contributed by atoms with Gasteiger partial charge in [-0.15, -0.1) is 0 Å². The number of fused-ring (bicyclic) bond motifs is 1. The second kappa shape index (κ2) is 9.32. The van der Waals surface area contributed by atoms with Crippen LogP contribution in [-0.2, 0) is 4.79 Å². The maximum absolute atomic E-state index is 14.6. The third-order valence-corrected chi connectivity index (χ3v) is 5.78. The van der Waals surface area contributed by atoms with Gasteiger partial charge in [-0.1, -0.05) is 0 Å². The van der Waals surface area contributed by atoms with Crippen molar-refractivity contribution < 1.29 is 23.1 Å². The van der Waals surface area contributed by atoms with E-state index in [1.165, 1.54) is 27.1 Å². The summed E-state index contributed by atoms with van der Waals surface area (Å²) in [6.07, 6.45) is 7.03. The molecular weight excluding hydrogens is 434 g/mol. The maximum atomic E-state index is 14.6. The summed E-state index contributed by atoms with van der Waals surface area (Å²) in [6.45, 7) is 0.205. The molecule has 9 nitrogen and oxygen atoms in total. The molecule has 0 radical (unpaired) electrons. The van der Waals surface area contributed by atoms with Crippen molar-refractivity contribution in [3.8, 4) is 5.75 Å². The van der Waals surface area contributed by atoms with Gasteiger partial charge in [0, 0.05) is 58.1 Å². The number of hydrazone groups is 1. The molecule has 178 valence electrons. The number of aromatic nitrogens is 1. The number of amidine groups is 1. The summed E-state index contributed by atoms with van der Waals surface area (Å²) in [7, 11) is 3.42. The van der Waals surface area contributed by atoms with Crippen LogP contribution in [0.25, 0.3) is 0 Å². The first-order valence-corrected chi connectivity index (χ1v) is 11.0. The van der Waals surface area contributed by atoms with Crippen LogP contribution >= 0.6 is 0 Å². The number of halogens is 2. The number of pyridine rings is 1. The summed E-state index contributed by atoms with van der Waals surface area (Å²) in [4.78, 5) is 33.3. The highest BCUT2D eigenvalue weighted by Gasteiger charge is 2.40. The average Bonchev–Trinajstić information content (AvgIpc) is 2.94. The molecule has 0 N–H and O–H groups in total. The first-order valence-electron chi connectivity index (χ1n) is 11.0. The number of carbonyl (C=O) groups is 2. The van der Waals surface area contributed by atoms with Gasteiger partial charge in [0.05, 0.1) is 12.1 Å². The summed E-state index contributed by atoms with van der Waals surface area (Å²) in [6, 6.07) is 1.50. The van der Waals surface area contributed by atoms with E-state index in [0.717, 1.165) is 19.3 Å². The van der Waals surface area contributed by atoms with Crippen LogP contribution in [-0.4, -0.2) is 90.7 Å². The number of nitrogens with zero attached hydrogens (tertiary/aromatic N) is 6. The van der Waals surface area contributed by atoms with Crippen molar-refractivity contribution in [1.29, 1.82) is 0 Å². The molecule has 1 aromatic heterocycles. The Bertz CT molecular complexity index is 975. The fraction of sp³-hybridized carbons (Fsp3) is 0.545. The zero-order valence-corrected chi connectivity index (χ0v) is 18.8. The Kier molecular flexibility index (Phi) is 6.48. The van der Waals surface area contributed by atoms with E-state index in [1.807, 2.05) is 0 Å². The lowest BCUT2D eigenvalue weighted by Gasteiger charge is -2.32. The van der Waals surface area contributed by atoms with Crippen molar-refractivity contribution in [1.82, 2.24) is 19.8 Å². The number of alkyl halides is 2. The number of rotatable bonds is 4. The van der Waals surface area contributed by atoms with Gasteiger partial charge in [0.1, 0.15) is 0 Å². The molecule has 0 atom stereocenters.